The predicted octanol–water partition coefficient (Wildman–Crippen LogP) is 1.71. The molecule has 1 saturated heterocycles. The van der Waals surface area contributed by atoms with Crippen LogP contribution in [0.2, 0.25) is 0 Å². The Bertz CT molecular complexity index is 268. The lowest BCUT2D eigenvalue weighted by Crippen LogP contribution is -2.43. The number of nitrogens with zero attached hydrogens (tertiary/aromatic N) is 1. The molecule has 2 rings (SSSR count). The average molecular weight is 255 g/mol. The summed E-state index contributed by atoms with van der Waals surface area (Å²) < 4.78 is 5.85. The third-order valence-electron chi connectivity index (χ3n) is 4.06. The van der Waals surface area contributed by atoms with Crippen molar-refractivity contribution in [2.75, 3.05) is 13.1 Å². The highest BCUT2D eigenvalue weighted by Crippen LogP contribution is 2.22. The van der Waals surface area contributed by atoms with Crippen LogP contribution in [-0.4, -0.2) is 47.3 Å². The molecular formula is C14H25NO3. The van der Waals surface area contributed by atoms with Crippen LogP contribution >= 0.6 is 0 Å². The number of carbonyl (C=O) groups excluding carboxylic acids is 1. The summed E-state index contributed by atoms with van der Waals surface area (Å²) in [4.78, 5) is 14.1. The molecule has 1 N–H and O–H groups in total. The van der Waals surface area contributed by atoms with Gasteiger partial charge in [0.25, 0.3) is 5.91 Å². The second-order valence-corrected chi connectivity index (χ2v) is 5.59. The first kappa shape index (κ1) is 13.8. The normalized spacial score (nSPS) is 31.1. The van der Waals surface area contributed by atoms with Gasteiger partial charge in [0.1, 0.15) is 6.10 Å². The first-order valence-electron chi connectivity index (χ1n) is 7.29. The van der Waals surface area contributed by atoms with E-state index in [1.807, 2.05) is 11.8 Å². The lowest BCUT2D eigenvalue weighted by molar-refractivity contribution is -0.149. The SMILES string of the molecule is CC(OC1CCC(O)CC1)C(=O)N1CCCCC1. The van der Waals surface area contributed by atoms with E-state index in [0.717, 1.165) is 51.6 Å². The number of rotatable bonds is 3. The zero-order chi connectivity index (χ0) is 13.0. The van der Waals surface area contributed by atoms with Gasteiger partial charge in [-0.2, -0.15) is 0 Å². The van der Waals surface area contributed by atoms with Crippen molar-refractivity contribution in [1.29, 1.82) is 0 Å². The smallest absolute Gasteiger partial charge is 0.251 e. The standard InChI is InChI=1S/C14H25NO3/c1-11(14(17)15-9-3-2-4-10-15)18-13-7-5-12(16)6-8-13/h11-13,16H,2-10H2,1H3. The molecule has 1 aliphatic carbocycles. The fourth-order valence-electron chi connectivity index (χ4n) is 2.90. The van der Waals surface area contributed by atoms with Crippen molar-refractivity contribution in [3.63, 3.8) is 0 Å². The first-order valence-corrected chi connectivity index (χ1v) is 7.29. The van der Waals surface area contributed by atoms with E-state index in [4.69, 9.17) is 4.74 Å². The molecule has 2 fully saturated rings. The zero-order valence-electron chi connectivity index (χ0n) is 11.3. The highest BCUT2D eigenvalue weighted by Gasteiger charge is 2.27. The van der Waals surface area contributed by atoms with Crippen LogP contribution in [0.25, 0.3) is 0 Å². The fourth-order valence-corrected chi connectivity index (χ4v) is 2.90. The third kappa shape index (κ3) is 3.69. The van der Waals surface area contributed by atoms with Crippen LogP contribution < -0.4 is 0 Å². The molecule has 1 saturated carbocycles. The molecule has 1 atom stereocenters. The van der Waals surface area contributed by atoms with Crippen LogP contribution in [0.15, 0.2) is 0 Å². The number of amides is 1. The summed E-state index contributed by atoms with van der Waals surface area (Å²) in [6.45, 7) is 3.63. The van der Waals surface area contributed by atoms with Gasteiger partial charge in [0.05, 0.1) is 12.2 Å². The van der Waals surface area contributed by atoms with Crippen molar-refractivity contribution in [1.82, 2.24) is 4.90 Å². The highest BCUT2D eigenvalue weighted by molar-refractivity contribution is 5.80. The minimum absolute atomic E-state index is 0.140. The van der Waals surface area contributed by atoms with Gasteiger partial charge < -0.3 is 14.7 Å². The Balaban J connectivity index is 1.76. The number of aliphatic hydroxyl groups excluding tert-OH is 1. The second-order valence-electron chi connectivity index (χ2n) is 5.59. The Morgan fingerprint density at radius 3 is 2.39 bits per heavy atom. The van der Waals surface area contributed by atoms with Crippen molar-refractivity contribution < 1.29 is 14.6 Å². The van der Waals surface area contributed by atoms with Crippen LogP contribution in [0.5, 0.6) is 0 Å². The summed E-state index contributed by atoms with van der Waals surface area (Å²) in [6, 6.07) is 0. The van der Waals surface area contributed by atoms with Gasteiger partial charge in [-0.05, 0) is 51.9 Å². The topological polar surface area (TPSA) is 49.8 Å². The van der Waals surface area contributed by atoms with Crippen LogP contribution in [0.4, 0.5) is 0 Å². The van der Waals surface area contributed by atoms with Crippen molar-refractivity contribution in [2.45, 2.75) is 70.2 Å². The molecule has 1 amide bonds. The van der Waals surface area contributed by atoms with E-state index in [-0.39, 0.29) is 24.2 Å². The molecule has 4 nitrogen and oxygen atoms in total. The van der Waals surface area contributed by atoms with E-state index in [2.05, 4.69) is 0 Å². The predicted molar refractivity (Wildman–Crippen MR) is 69.2 cm³/mol. The number of hydrogen-bond donors (Lipinski definition) is 1. The van der Waals surface area contributed by atoms with Crippen molar-refractivity contribution >= 4 is 5.91 Å². The molecule has 0 bridgehead atoms. The van der Waals surface area contributed by atoms with Crippen molar-refractivity contribution in [3.8, 4) is 0 Å². The molecule has 1 aliphatic heterocycles. The summed E-state index contributed by atoms with van der Waals surface area (Å²) in [5, 5.41) is 9.44. The number of carbonyl (C=O) groups is 1. The number of ether oxygens (including phenoxy) is 1. The molecule has 1 heterocycles. The van der Waals surface area contributed by atoms with Crippen LogP contribution in [0.3, 0.4) is 0 Å². The van der Waals surface area contributed by atoms with E-state index in [0.29, 0.717) is 0 Å². The zero-order valence-corrected chi connectivity index (χ0v) is 11.3. The molecule has 0 spiro atoms. The fraction of sp³-hybridized carbons (Fsp3) is 0.929. The minimum atomic E-state index is -0.330. The average Bonchev–Trinajstić information content (AvgIpc) is 2.41. The van der Waals surface area contributed by atoms with Crippen LogP contribution in [0, 0.1) is 0 Å². The number of piperidine rings is 1. The number of aliphatic hydroxyl groups is 1. The molecule has 0 aromatic rings. The maximum absolute atomic E-state index is 12.2. The van der Waals surface area contributed by atoms with E-state index < -0.39 is 0 Å². The van der Waals surface area contributed by atoms with E-state index in [1.165, 1.54) is 6.42 Å². The molecular weight excluding hydrogens is 230 g/mol. The number of hydrogen-bond acceptors (Lipinski definition) is 3. The Morgan fingerprint density at radius 1 is 1.17 bits per heavy atom. The number of likely N-dealkylation sites (tertiary alicyclic amines) is 1. The molecule has 0 aromatic heterocycles. The van der Waals surface area contributed by atoms with Crippen molar-refractivity contribution in [3.05, 3.63) is 0 Å². The van der Waals surface area contributed by atoms with Crippen LogP contribution in [0.1, 0.15) is 51.9 Å². The van der Waals surface area contributed by atoms with Crippen LogP contribution in [-0.2, 0) is 9.53 Å². The molecule has 0 radical (unpaired) electrons. The third-order valence-corrected chi connectivity index (χ3v) is 4.06. The minimum Gasteiger partial charge on any atom is -0.393 e. The lowest BCUT2D eigenvalue weighted by atomic mass is 9.95. The summed E-state index contributed by atoms with van der Waals surface area (Å²) >= 11 is 0. The van der Waals surface area contributed by atoms with Gasteiger partial charge in [-0.15, -0.1) is 0 Å². The molecule has 0 aromatic carbocycles. The second kappa shape index (κ2) is 6.53. The van der Waals surface area contributed by atoms with E-state index >= 15 is 0 Å². The summed E-state index contributed by atoms with van der Waals surface area (Å²) in [7, 11) is 0. The van der Waals surface area contributed by atoms with Gasteiger partial charge in [-0.25, -0.2) is 0 Å². The maximum atomic E-state index is 12.2. The van der Waals surface area contributed by atoms with Crippen molar-refractivity contribution in [2.24, 2.45) is 0 Å². The Hall–Kier alpha value is -0.610. The summed E-state index contributed by atoms with van der Waals surface area (Å²) in [5.74, 6) is 0.140. The first-order chi connectivity index (χ1) is 8.66. The van der Waals surface area contributed by atoms with E-state index in [9.17, 15) is 9.90 Å². The van der Waals surface area contributed by atoms with E-state index in [1.54, 1.807) is 0 Å². The Kier molecular flexibility index (Phi) is 5.01. The molecule has 104 valence electrons. The molecule has 18 heavy (non-hydrogen) atoms. The monoisotopic (exact) mass is 255 g/mol. The quantitative estimate of drug-likeness (QED) is 0.835. The molecule has 4 heteroatoms. The molecule has 2 aliphatic rings. The van der Waals surface area contributed by atoms with Gasteiger partial charge in [-0.3, -0.25) is 4.79 Å². The molecule has 1 unspecified atom stereocenters. The van der Waals surface area contributed by atoms with Gasteiger partial charge in [0, 0.05) is 13.1 Å². The largest absolute Gasteiger partial charge is 0.393 e. The summed E-state index contributed by atoms with van der Waals surface area (Å²) in [6.07, 6.45) is 6.47. The van der Waals surface area contributed by atoms with Gasteiger partial charge >= 0.3 is 0 Å². The van der Waals surface area contributed by atoms with Gasteiger partial charge in [-0.1, -0.05) is 0 Å². The Morgan fingerprint density at radius 2 is 1.78 bits per heavy atom. The Labute approximate surface area is 109 Å². The lowest BCUT2D eigenvalue weighted by Gasteiger charge is -2.32. The highest BCUT2D eigenvalue weighted by atomic mass is 16.5. The summed E-state index contributed by atoms with van der Waals surface area (Å²) in [5.41, 5.74) is 0. The van der Waals surface area contributed by atoms with Gasteiger partial charge in [0.2, 0.25) is 0 Å². The van der Waals surface area contributed by atoms with Gasteiger partial charge in [0.15, 0.2) is 0 Å². The maximum Gasteiger partial charge on any atom is 0.251 e.